The van der Waals surface area contributed by atoms with Gasteiger partial charge in [0.1, 0.15) is 0 Å². The molecule has 21 heavy (non-hydrogen) atoms. The van der Waals surface area contributed by atoms with E-state index in [0.29, 0.717) is 16.8 Å². The molecule has 2 aromatic rings. The molecule has 5 heteroatoms. The first kappa shape index (κ1) is 13.9. The van der Waals surface area contributed by atoms with Crippen LogP contribution in [0.15, 0.2) is 34.8 Å². The third-order valence-corrected chi connectivity index (χ3v) is 4.30. The molecule has 1 heterocycles. The highest BCUT2D eigenvalue weighted by atomic mass is 79.9. The monoisotopic (exact) mass is 349 g/mol. The Bertz CT molecular complexity index is 799. The van der Waals surface area contributed by atoms with Gasteiger partial charge in [-0.05, 0) is 36.8 Å². The third-order valence-electron chi connectivity index (χ3n) is 3.44. The van der Waals surface area contributed by atoms with E-state index in [1.165, 1.54) is 18.2 Å². The first-order valence-corrected chi connectivity index (χ1v) is 7.05. The topological polar surface area (TPSA) is 29.1 Å². The average molecular weight is 350 g/mol. The van der Waals surface area contributed by atoms with E-state index < -0.39 is 11.6 Å². The average Bonchev–Trinajstić information content (AvgIpc) is 2.76. The van der Waals surface area contributed by atoms with Crippen molar-refractivity contribution in [2.24, 2.45) is 0 Å². The van der Waals surface area contributed by atoms with Crippen molar-refractivity contribution in [2.75, 3.05) is 5.32 Å². The Labute approximate surface area is 128 Å². The highest BCUT2D eigenvalue weighted by Crippen LogP contribution is 2.38. The molecule has 1 aliphatic rings. The van der Waals surface area contributed by atoms with Gasteiger partial charge in [-0.15, -0.1) is 0 Å². The van der Waals surface area contributed by atoms with Crippen LogP contribution < -0.4 is 5.32 Å². The van der Waals surface area contributed by atoms with E-state index in [1.807, 2.05) is 13.0 Å². The molecule has 0 saturated carbocycles. The summed E-state index contributed by atoms with van der Waals surface area (Å²) in [7, 11) is 0. The van der Waals surface area contributed by atoms with E-state index in [1.54, 1.807) is 6.07 Å². The van der Waals surface area contributed by atoms with Crippen LogP contribution in [0.25, 0.3) is 11.6 Å². The van der Waals surface area contributed by atoms with Crippen LogP contribution in [0.4, 0.5) is 14.5 Å². The van der Waals surface area contributed by atoms with Crippen LogP contribution in [0, 0.1) is 18.6 Å². The number of hydrogen-bond acceptors (Lipinski definition) is 1. The quantitative estimate of drug-likeness (QED) is 0.753. The normalized spacial score (nSPS) is 15.2. The molecule has 2 nitrogen and oxygen atoms in total. The first-order valence-electron chi connectivity index (χ1n) is 6.25. The SMILES string of the molecule is Cc1c(Br)ccc2c1C(=Cc1cccc(F)c1F)C(=O)N2. The minimum Gasteiger partial charge on any atom is -0.321 e. The number of carbonyl (C=O) groups excluding carboxylic acids is 1. The highest BCUT2D eigenvalue weighted by molar-refractivity contribution is 9.10. The van der Waals surface area contributed by atoms with Crippen LogP contribution in [0.3, 0.4) is 0 Å². The summed E-state index contributed by atoms with van der Waals surface area (Å²) in [6.07, 6.45) is 1.37. The molecule has 2 aromatic carbocycles. The highest BCUT2D eigenvalue weighted by Gasteiger charge is 2.27. The third kappa shape index (κ3) is 2.27. The molecule has 0 atom stereocenters. The number of carbonyl (C=O) groups is 1. The predicted molar refractivity (Wildman–Crippen MR) is 81.7 cm³/mol. The van der Waals surface area contributed by atoms with Gasteiger partial charge in [-0.3, -0.25) is 4.79 Å². The lowest BCUT2D eigenvalue weighted by Gasteiger charge is -2.06. The molecule has 3 rings (SSSR count). The largest absolute Gasteiger partial charge is 0.321 e. The number of halogens is 3. The van der Waals surface area contributed by atoms with Crippen LogP contribution in [0.5, 0.6) is 0 Å². The minimum atomic E-state index is -0.959. The predicted octanol–water partition coefficient (Wildman–Crippen LogP) is 4.53. The van der Waals surface area contributed by atoms with E-state index in [2.05, 4.69) is 21.2 Å². The second-order valence-electron chi connectivity index (χ2n) is 4.75. The lowest BCUT2D eigenvalue weighted by molar-refractivity contribution is -0.110. The summed E-state index contributed by atoms with van der Waals surface area (Å²) < 4.78 is 27.9. The van der Waals surface area contributed by atoms with Crippen LogP contribution >= 0.6 is 15.9 Å². The van der Waals surface area contributed by atoms with E-state index in [-0.39, 0.29) is 11.5 Å². The van der Waals surface area contributed by atoms with E-state index >= 15 is 0 Å². The maximum atomic E-state index is 13.8. The molecule has 0 spiro atoms. The standard InChI is InChI=1S/C16H10BrF2NO/c1-8-11(17)5-6-13-14(8)10(16(21)20-13)7-9-3-2-4-12(18)15(9)19/h2-7H,1H3,(H,20,21). The molecule has 1 N–H and O–H groups in total. The molecule has 1 aliphatic heterocycles. The number of anilines is 1. The molecule has 0 unspecified atom stereocenters. The lowest BCUT2D eigenvalue weighted by atomic mass is 9.99. The maximum absolute atomic E-state index is 13.8. The molecule has 0 bridgehead atoms. The first-order chi connectivity index (χ1) is 9.99. The van der Waals surface area contributed by atoms with Gasteiger partial charge in [0.05, 0.1) is 0 Å². The zero-order valence-electron chi connectivity index (χ0n) is 11.0. The van der Waals surface area contributed by atoms with Gasteiger partial charge in [-0.2, -0.15) is 0 Å². The molecule has 0 aromatic heterocycles. The maximum Gasteiger partial charge on any atom is 0.256 e. The molecule has 106 valence electrons. The van der Waals surface area contributed by atoms with Gasteiger partial charge >= 0.3 is 0 Å². The fourth-order valence-corrected chi connectivity index (χ4v) is 2.70. The Morgan fingerprint density at radius 3 is 2.71 bits per heavy atom. The second-order valence-corrected chi connectivity index (χ2v) is 5.60. The Hall–Kier alpha value is -2.01. The molecule has 0 saturated heterocycles. The summed E-state index contributed by atoms with van der Waals surface area (Å²) in [5, 5.41) is 2.73. The van der Waals surface area contributed by atoms with Crippen molar-refractivity contribution in [3.8, 4) is 0 Å². The lowest BCUT2D eigenvalue weighted by Crippen LogP contribution is -2.04. The van der Waals surface area contributed by atoms with Crippen molar-refractivity contribution in [1.82, 2.24) is 0 Å². The van der Waals surface area contributed by atoms with Crippen LogP contribution in [-0.4, -0.2) is 5.91 Å². The van der Waals surface area contributed by atoms with E-state index in [0.717, 1.165) is 16.1 Å². The fraction of sp³-hybridized carbons (Fsp3) is 0.0625. The van der Waals surface area contributed by atoms with E-state index in [4.69, 9.17) is 0 Å². The van der Waals surface area contributed by atoms with Gasteiger partial charge in [-0.1, -0.05) is 28.1 Å². The summed E-state index contributed by atoms with van der Waals surface area (Å²) in [5.74, 6) is -2.22. The van der Waals surface area contributed by atoms with E-state index in [9.17, 15) is 13.6 Å². The Morgan fingerprint density at radius 1 is 1.19 bits per heavy atom. The van der Waals surface area contributed by atoms with Gasteiger partial charge in [0.25, 0.3) is 5.91 Å². The van der Waals surface area contributed by atoms with Crippen molar-refractivity contribution in [2.45, 2.75) is 6.92 Å². The molecular formula is C16H10BrF2NO. The van der Waals surface area contributed by atoms with Gasteiger partial charge in [0, 0.05) is 26.9 Å². The number of benzene rings is 2. The Morgan fingerprint density at radius 2 is 1.95 bits per heavy atom. The zero-order valence-corrected chi connectivity index (χ0v) is 12.6. The van der Waals surface area contributed by atoms with Gasteiger partial charge in [0.15, 0.2) is 11.6 Å². The summed E-state index contributed by atoms with van der Waals surface area (Å²) >= 11 is 3.41. The number of fused-ring (bicyclic) bond motifs is 1. The summed E-state index contributed by atoms with van der Waals surface area (Å²) in [6, 6.07) is 7.49. The summed E-state index contributed by atoms with van der Waals surface area (Å²) in [4.78, 5) is 12.1. The number of hydrogen-bond donors (Lipinski definition) is 1. The fourth-order valence-electron chi connectivity index (χ4n) is 2.37. The van der Waals surface area contributed by atoms with Crippen molar-refractivity contribution in [1.29, 1.82) is 0 Å². The van der Waals surface area contributed by atoms with Gasteiger partial charge in [-0.25, -0.2) is 8.78 Å². The second kappa shape index (κ2) is 5.07. The van der Waals surface area contributed by atoms with Crippen LogP contribution in [-0.2, 0) is 4.79 Å². The zero-order chi connectivity index (χ0) is 15.1. The molecule has 0 radical (unpaired) electrons. The number of nitrogens with one attached hydrogen (secondary N) is 1. The smallest absolute Gasteiger partial charge is 0.256 e. The number of amides is 1. The van der Waals surface area contributed by atoms with Crippen LogP contribution in [0.1, 0.15) is 16.7 Å². The molecule has 1 amide bonds. The minimum absolute atomic E-state index is 0.0485. The van der Waals surface area contributed by atoms with Crippen molar-refractivity contribution >= 4 is 39.2 Å². The van der Waals surface area contributed by atoms with Crippen molar-refractivity contribution < 1.29 is 13.6 Å². The summed E-state index contributed by atoms with van der Waals surface area (Å²) in [5.41, 5.74) is 2.62. The summed E-state index contributed by atoms with van der Waals surface area (Å²) in [6.45, 7) is 1.86. The molecule has 0 fully saturated rings. The van der Waals surface area contributed by atoms with Gasteiger partial charge < -0.3 is 5.32 Å². The van der Waals surface area contributed by atoms with Crippen molar-refractivity contribution in [3.05, 3.63) is 63.1 Å². The van der Waals surface area contributed by atoms with Gasteiger partial charge in [0.2, 0.25) is 0 Å². The molecular weight excluding hydrogens is 340 g/mol. The number of rotatable bonds is 1. The van der Waals surface area contributed by atoms with Crippen molar-refractivity contribution in [3.63, 3.8) is 0 Å². The van der Waals surface area contributed by atoms with Crippen LogP contribution in [0.2, 0.25) is 0 Å². The molecule has 0 aliphatic carbocycles. The Kier molecular flexibility index (Phi) is 3.37. The Balaban J connectivity index is 2.21.